The van der Waals surface area contributed by atoms with Crippen LogP contribution in [0, 0.1) is 0 Å². The smallest absolute Gasteiger partial charge is 0.311 e. The third-order valence-corrected chi connectivity index (χ3v) is 1.61. The zero-order valence-corrected chi connectivity index (χ0v) is 6.67. The van der Waals surface area contributed by atoms with Crippen LogP contribution in [-0.4, -0.2) is 16.3 Å². The van der Waals surface area contributed by atoms with E-state index in [9.17, 15) is 0 Å². The van der Waals surface area contributed by atoms with Gasteiger partial charge in [-0.15, -0.1) is 0 Å². The predicted molar refractivity (Wildman–Crippen MR) is 42.0 cm³/mol. The Morgan fingerprint density at radius 3 is 3.18 bits per heavy atom. The molecule has 2 N–H and O–H groups in total. The quantitative estimate of drug-likeness (QED) is 0.623. The molecule has 1 aromatic rings. The molecule has 11 heavy (non-hydrogen) atoms. The summed E-state index contributed by atoms with van der Waals surface area (Å²) in [4.78, 5) is 0.800. The van der Waals surface area contributed by atoms with Crippen LogP contribution in [0.25, 0.3) is 0 Å². The summed E-state index contributed by atoms with van der Waals surface area (Å²) in [5.74, 6) is 0. The summed E-state index contributed by atoms with van der Waals surface area (Å²) in [6, 6.07) is 0. The van der Waals surface area contributed by atoms with E-state index >= 15 is 0 Å². The van der Waals surface area contributed by atoms with Crippen molar-refractivity contribution in [1.82, 2.24) is 4.57 Å². The molecular formula is C8H15N2O+. The van der Waals surface area contributed by atoms with Crippen LogP contribution >= 0.6 is 0 Å². The van der Waals surface area contributed by atoms with Gasteiger partial charge >= 0.3 is 1.41 Å². The van der Waals surface area contributed by atoms with Crippen LogP contribution < -0.4 is 4.98 Å². The summed E-state index contributed by atoms with van der Waals surface area (Å²) in [5.41, 5.74) is 0.679. The Morgan fingerprint density at radius 2 is 2.64 bits per heavy atom. The maximum atomic E-state index is 8.61. The van der Waals surface area contributed by atoms with Gasteiger partial charge in [0.2, 0.25) is 6.30 Å². The number of aromatic nitrogens is 2. The number of imidazole rings is 1. The monoisotopic (exact) mass is 158 g/mol. The summed E-state index contributed by atoms with van der Waals surface area (Å²) in [6.45, 7) is 0.145. The first-order chi connectivity index (χ1) is 6.59. The van der Waals surface area contributed by atoms with Crippen molar-refractivity contribution in [1.29, 1.82) is 0 Å². The highest BCUT2D eigenvalue weighted by Crippen LogP contribution is 2.00. The summed E-state index contributed by atoms with van der Waals surface area (Å²) < 4.78 is 23.9. The van der Waals surface area contributed by atoms with Crippen LogP contribution in [0.1, 0.15) is 21.3 Å². The number of H-pyrrole nitrogens is 1. The maximum Gasteiger partial charge on any atom is 0.311 e. The Balaban J connectivity index is 2.81. The summed E-state index contributed by atoms with van der Waals surface area (Å²) in [5, 5.41) is 8.61. The largest absolute Gasteiger partial charge is 0.396 e. The lowest BCUT2D eigenvalue weighted by molar-refractivity contribution is -0.377. The van der Waals surface area contributed by atoms with Crippen molar-refractivity contribution in [2.75, 3.05) is 6.61 Å². The lowest BCUT2D eigenvalue weighted by Gasteiger charge is -1.94. The van der Waals surface area contributed by atoms with E-state index in [1.807, 2.05) is 0 Å². The van der Waals surface area contributed by atoms with Gasteiger partial charge in [0.1, 0.15) is 13.2 Å². The van der Waals surface area contributed by atoms with E-state index in [1.165, 1.54) is 4.57 Å². The van der Waals surface area contributed by atoms with Gasteiger partial charge in [0, 0.05) is 13.0 Å². The molecule has 0 aliphatic rings. The molecule has 0 spiro atoms. The van der Waals surface area contributed by atoms with E-state index in [1.54, 1.807) is 7.05 Å². The fourth-order valence-corrected chi connectivity index (χ4v) is 0.928. The molecule has 0 saturated heterocycles. The van der Waals surface area contributed by atoms with Crippen LogP contribution in [0.5, 0.6) is 0 Å². The summed E-state index contributed by atoms with van der Waals surface area (Å²) in [7, 11) is 1.68. The van der Waals surface area contributed by atoms with Crippen LogP contribution in [0.15, 0.2) is 12.5 Å². The molecular weight excluding hydrogens is 140 g/mol. The molecule has 0 aromatic carbocycles. The second kappa shape index (κ2) is 4.13. The second-order valence-electron chi connectivity index (χ2n) is 2.51. The number of aromatic amines is 1. The average Bonchev–Trinajstić information content (AvgIpc) is 2.35. The van der Waals surface area contributed by atoms with Crippen molar-refractivity contribution < 1.29 is 14.2 Å². The predicted octanol–water partition coefficient (Wildman–Crippen LogP) is 0.154. The third kappa shape index (κ3) is 2.35. The molecule has 62 valence electrons. The average molecular weight is 158 g/mol. The number of nitrogens with one attached hydrogen (secondary N) is 1. The number of aliphatic hydroxyl groups is 1. The number of nitrogens with zero attached hydrogens (tertiary/aromatic N) is 1. The molecule has 0 aliphatic carbocycles. The van der Waals surface area contributed by atoms with E-state index in [-0.39, 0.29) is 19.1 Å². The molecule has 0 aliphatic heterocycles. The molecule has 0 radical (unpaired) electrons. The van der Waals surface area contributed by atoms with Crippen molar-refractivity contribution in [2.45, 2.75) is 19.3 Å². The Bertz CT molecular complexity index is 299. The highest BCUT2D eigenvalue weighted by molar-refractivity contribution is 4.92. The minimum Gasteiger partial charge on any atom is -0.396 e. The Labute approximate surface area is 71.0 Å². The van der Waals surface area contributed by atoms with Crippen LogP contribution in [0.3, 0.4) is 0 Å². The van der Waals surface area contributed by atoms with Crippen LogP contribution in [0.2, 0.25) is 1.41 Å². The highest BCUT2D eigenvalue weighted by atomic mass is 16.2. The van der Waals surface area contributed by atoms with Gasteiger partial charge in [-0.05, 0) is 12.8 Å². The van der Waals surface area contributed by atoms with E-state index in [2.05, 4.69) is 0 Å². The van der Waals surface area contributed by atoms with E-state index in [4.69, 9.17) is 9.26 Å². The molecule has 1 aromatic heterocycles. The van der Waals surface area contributed by atoms with Crippen molar-refractivity contribution in [3.05, 3.63) is 18.2 Å². The molecule has 0 fully saturated rings. The first-order valence-electron chi connectivity index (χ1n) is 5.21. The Hall–Kier alpha value is -0.830. The minimum atomic E-state index is 0.00833. The van der Waals surface area contributed by atoms with Crippen molar-refractivity contribution in [2.24, 2.45) is 7.05 Å². The van der Waals surface area contributed by atoms with Gasteiger partial charge in [-0.25, -0.2) is 9.54 Å². The van der Waals surface area contributed by atoms with Gasteiger partial charge in [0.25, 0.3) is 0 Å². The van der Waals surface area contributed by atoms with Crippen LogP contribution in [0.4, 0.5) is 0 Å². The van der Waals surface area contributed by atoms with Crippen molar-refractivity contribution >= 4 is 0 Å². The number of aliphatic hydroxyl groups excluding tert-OH is 1. The number of hydrogen-bond acceptors (Lipinski definition) is 1. The molecule has 0 amide bonds. The fraction of sp³-hybridized carbons (Fsp3) is 0.625. The molecule has 3 nitrogen and oxygen atoms in total. The second-order valence-corrected chi connectivity index (χ2v) is 2.51. The minimum absolute atomic E-state index is 0.00833. The number of hydrogen-bond donors (Lipinski definition) is 1. The summed E-state index contributed by atoms with van der Waals surface area (Å²) >= 11 is 0. The van der Waals surface area contributed by atoms with Crippen LogP contribution in [-0.2, 0) is 13.5 Å². The molecule has 0 bridgehead atoms. The molecule has 0 unspecified atom stereocenters. The zero-order valence-electron chi connectivity index (χ0n) is 9.67. The number of unbranched alkanes of at least 4 members (excludes halogenated alkanes) is 1. The SMILES string of the molecule is [2H]c1c(CCCCO)n(C)c([2H])[n+]1[2H]. The van der Waals surface area contributed by atoms with Gasteiger partial charge in [0.15, 0.2) is 1.37 Å². The molecule has 1 rings (SSSR count). The van der Waals surface area contributed by atoms with Gasteiger partial charge in [-0.2, -0.15) is 0 Å². The molecule has 1 heterocycles. The standard InChI is InChI=1S/C8H14N2O/c1-10-7-9-6-8(10)4-2-3-5-11/h6-7,11H,2-5H2,1H3/p+1/i6D,7D/hD. The van der Waals surface area contributed by atoms with E-state index in [0.717, 1.165) is 11.4 Å². The fourth-order valence-electron chi connectivity index (χ4n) is 0.928. The van der Waals surface area contributed by atoms with Crippen molar-refractivity contribution in [3.8, 4) is 0 Å². The number of rotatable bonds is 4. The molecule has 0 atom stereocenters. The van der Waals surface area contributed by atoms with Gasteiger partial charge in [-0.1, -0.05) is 0 Å². The lowest BCUT2D eigenvalue weighted by Crippen LogP contribution is -1.95. The first-order valence-corrected chi connectivity index (χ1v) is 3.76. The zero-order chi connectivity index (χ0) is 10.7. The van der Waals surface area contributed by atoms with E-state index < -0.39 is 0 Å². The van der Waals surface area contributed by atoms with Gasteiger partial charge in [0.05, 0.1) is 7.05 Å². The maximum absolute atomic E-state index is 8.61. The Kier molecular flexibility index (Phi) is 1.85. The molecule has 3 heteroatoms. The lowest BCUT2D eigenvalue weighted by atomic mass is 10.2. The normalized spacial score (nSPS) is 14.2. The first kappa shape index (κ1) is 4.93. The Morgan fingerprint density at radius 1 is 1.82 bits per heavy atom. The van der Waals surface area contributed by atoms with Crippen molar-refractivity contribution in [3.63, 3.8) is 0 Å². The van der Waals surface area contributed by atoms with E-state index in [0.29, 0.717) is 18.5 Å². The third-order valence-electron chi connectivity index (χ3n) is 1.61. The van der Waals surface area contributed by atoms with Gasteiger partial charge < -0.3 is 5.11 Å². The topological polar surface area (TPSA) is 39.3 Å². The molecule has 0 saturated carbocycles. The van der Waals surface area contributed by atoms with Gasteiger partial charge in [-0.3, -0.25) is 0 Å². The highest BCUT2D eigenvalue weighted by Gasteiger charge is 2.02. The summed E-state index contributed by atoms with van der Waals surface area (Å²) in [6.07, 6.45) is 2.17.